The van der Waals surface area contributed by atoms with Gasteiger partial charge in [0.1, 0.15) is 0 Å². The molecule has 1 atom stereocenters. The van der Waals surface area contributed by atoms with E-state index in [1.165, 1.54) is 32.1 Å². The zero-order valence-corrected chi connectivity index (χ0v) is 18.4. The van der Waals surface area contributed by atoms with Gasteiger partial charge in [-0.15, -0.1) is 0 Å². The molecule has 166 valence electrons. The molecule has 1 amide bonds. The second-order valence-corrected chi connectivity index (χ2v) is 7.79. The van der Waals surface area contributed by atoms with Crippen LogP contribution in [0.3, 0.4) is 0 Å². The lowest BCUT2D eigenvalue weighted by Crippen LogP contribution is -2.33. The summed E-state index contributed by atoms with van der Waals surface area (Å²) in [4.78, 5) is 29.0. The highest BCUT2D eigenvalue weighted by molar-refractivity contribution is 5.77. The van der Waals surface area contributed by atoms with E-state index in [1.54, 1.807) is 4.90 Å². The van der Waals surface area contributed by atoms with Gasteiger partial charge < -0.3 is 19.8 Å². The third-order valence-electron chi connectivity index (χ3n) is 5.05. The summed E-state index contributed by atoms with van der Waals surface area (Å²) in [6, 6.07) is 0. The van der Waals surface area contributed by atoms with Crippen LogP contribution in [0.1, 0.15) is 89.3 Å². The third-order valence-corrected chi connectivity index (χ3v) is 5.05. The standard InChI is InChI=1S/C19H32N4O4.C2H6/c1-23(2)13-17(24)20-12-16-21-19(27-22-16)15(11-18(25)26)10-6-9-14-7-4-3-5-8-14;1-2/h14-15H,3-13H2,1-2H3,(H,20,24)(H,25,26);1-2H3. The lowest BCUT2D eigenvalue weighted by Gasteiger charge is -2.21. The minimum Gasteiger partial charge on any atom is -0.481 e. The predicted molar refractivity (Wildman–Crippen MR) is 111 cm³/mol. The Morgan fingerprint density at radius 1 is 1.24 bits per heavy atom. The average molecular weight is 411 g/mol. The Labute approximate surface area is 174 Å². The number of carbonyl (C=O) groups excluding carboxylic acids is 1. The summed E-state index contributed by atoms with van der Waals surface area (Å²) in [5, 5.41) is 15.8. The van der Waals surface area contributed by atoms with Crippen molar-refractivity contribution in [2.45, 2.75) is 84.1 Å². The number of carboxylic acids is 1. The van der Waals surface area contributed by atoms with Gasteiger partial charge >= 0.3 is 5.97 Å². The number of aromatic nitrogens is 2. The molecule has 1 saturated carbocycles. The highest BCUT2D eigenvalue weighted by atomic mass is 16.5. The van der Waals surface area contributed by atoms with Crippen LogP contribution in [0.15, 0.2) is 4.52 Å². The average Bonchev–Trinajstić information content (AvgIpc) is 3.16. The first-order valence-electron chi connectivity index (χ1n) is 10.9. The largest absolute Gasteiger partial charge is 0.481 e. The molecule has 0 aromatic carbocycles. The monoisotopic (exact) mass is 410 g/mol. The van der Waals surface area contributed by atoms with Crippen LogP contribution in [0.2, 0.25) is 0 Å². The van der Waals surface area contributed by atoms with Gasteiger partial charge in [-0.2, -0.15) is 4.98 Å². The van der Waals surface area contributed by atoms with Crippen molar-refractivity contribution in [3.63, 3.8) is 0 Å². The van der Waals surface area contributed by atoms with Crippen molar-refractivity contribution in [3.8, 4) is 0 Å². The molecular weight excluding hydrogens is 372 g/mol. The maximum absolute atomic E-state index is 11.7. The van der Waals surface area contributed by atoms with E-state index in [4.69, 9.17) is 4.52 Å². The fraction of sp³-hybridized carbons (Fsp3) is 0.810. The fourth-order valence-corrected chi connectivity index (χ4v) is 3.68. The number of carboxylic acid groups (broad SMARTS) is 1. The van der Waals surface area contributed by atoms with E-state index >= 15 is 0 Å². The first kappa shape index (κ1) is 25.1. The van der Waals surface area contributed by atoms with Crippen molar-refractivity contribution in [1.29, 1.82) is 0 Å². The number of rotatable bonds is 11. The summed E-state index contributed by atoms with van der Waals surface area (Å²) in [6.45, 7) is 4.46. The highest BCUT2D eigenvalue weighted by Gasteiger charge is 2.23. The van der Waals surface area contributed by atoms with E-state index in [-0.39, 0.29) is 31.3 Å². The molecule has 0 aliphatic heterocycles. The molecular formula is C21H38N4O4. The van der Waals surface area contributed by atoms with Crippen LogP contribution in [-0.2, 0) is 16.1 Å². The molecule has 0 spiro atoms. The molecule has 0 saturated heterocycles. The Balaban J connectivity index is 0.00000204. The summed E-state index contributed by atoms with van der Waals surface area (Å²) in [6.07, 6.45) is 9.38. The van der Waals surface area contributed by atoms with Gasteiger partial charge in [0.2, 0.25) is 11.8 Å². The molecule has 2 rings (SSSR count). The maximum atomic E-state index is 11.7. The van der Waals surface area contributed by atoms with E-state index in [2.05, 4.69) is 15.5 Å². The first-order valence-corrected chi connectivity index (χ1v) is 10.9. The summed E-state index contributed by atoms with van der Waals surface area (Å²) in [5.41, 5.74) is 0. The van der Waals surface area contributed by atoms with Crippen molar-refractivity contribution in [2.24, 2.45) is 5.92 Å². The Morgan fingerprint density at radius 3 is 2.55 bits per heavy atom. The molecule has 8 heteroatoms. The van der Waals surface area contributed by atoms with Crippen molar-refractivity contribution in [2.75, 3.05) is 20.6 Å². The zero-order chi connectivity index (χ0) is 21.6. The number of carbonyl (C=O) groups is 2. The van der Waals surface area contributed by atoms with Gasteiger partial charge in [0.05, 0.1) is 19.5 Å². The number of aliphatic carboxylic acids is 1. The molecule has 2 N–H and O–H groups in total. The molecule has 1 aromatic rings. The minimum atomic E-state index is -0.864. The van der Waals surface area contributed by atoms with Crippen molar-refractivity contribution < 1.29 is 19.2 Å². The molecule has 1 fully saturated rings. The number of hydrogen-bond acceptors (Lipinski definition) is 6. The van der Waals surface area contributed by atoms with E-state index in [1.807, 2.05) is 27.9 Å². The van der Waals surface area contributed by atoms with Crippen LogP contribution in [-0.4, -0.2) is 52.7 Å². The number of nitrogens with one attached hydrogen (secondary N) is 1. The van der Waals surface area contributed by atoms with Gasteiger partial charge in [-0.25, -0.2) is 0 Å². The quantitative estimate of drug-likeness (QED) is 0.574. The number of likely N-dealkylation sites (N-methyl/N-ethyl adjacent to an activating group) is 1. The molecule has 1 unspecified atom stereocenters. The number of hydrogen-bond donors (Lipinski definition) is 2. The van der Waals surface area contributed by atoms with E-state index in [0.717, 1.165) is 25.2 Å². The van der Waals surface area contributed by atoms with E-state index < -0.39 is 5.97 Å². The summed E-state index contributed by atoms with van der Waals surface area (Å²) < 4.78 is 5.30. The van der Waals surface area contributed by atoms with Gasteiger partial charge in [-0.3, -0.25) is 9.59 Å². The molecule has 1 aliphatic carbocycles. The smallest absolute Gasteiger partial charge is 0.304 e. The normalized spacial score (nSPS) is 15.5. The first-order chi connectivity index (χ1) is 13.9. The SMILES string of the molecule is CC.CN(C)CC(=O)NCc1noc(C(CCCC2CCCCC2)CC(=O)O)n1. The van der Waals surface area contributed by atoms with Crippen LogP contribution in [0.5, 0.6) is 0 Å². The van der Waals surface area contributed by atoms with Crippen molar-refractivity contribution in [3.05, 3.63) is 11.7 Å². The van der Waals surface area contributed by atoms with Crippen LogP contribution < -0.4 is 5.32 Å². The molecule has 1 heterocycles. The lowest BCUT2D eigenvalue weighted by atomic mass is 9.84. The Bertz CT molecular complexity index is 597. The number of amides is 1. The summed E-state index contributed by atoms with van der Waals surface area (Å²) >= 11 is 0. The Morgan fingerprint density at radius 2 is 1.93 bits per heavy atom. The lowest BCUT2D eigenvalue weighted by molar-refractivity contribution is -0.137. The van der Waals surface area contributed by atoms with Gasteiger partial charge in [-0.05, 0) is 26.4 Å². The van der Waals surface area contributed by atoms with Gasteiger partial charge in [0.15, 0.2) is 5.82 Å². The van der Waals surface area contributed by atoms with Crippen LogP contribution in [0.4, 0.5) is 0 Å². The zero-order valence-electron chi connectivity index (χ0n) is 18.4. The summed E-state index contributed by atoms with van der Waals surface area (Å²) in [5.74, 6) is 0.245. The van der Waals surface area contributed by atoms with Gasteiger partial charge in [0, 0.05) is 5.92 Å². The second kappa shape index (κ2) is 14.1. The topological polar surface area (TPSA) is 109 Å². The fourth-order valence-electron chi connectivity index (χ4n) is 3.68. The van der Waals surface area contributed by atoms with Gasteiger partial charge in [0.25, 0.3) is 0 Å². The van der Waals surface area contributed by atoms with Gasteiger partial charge in [-0.1, -0.05) is 63.9 Å². The molecule has 1 aromatic heterocycles. The van der Waals surface area contributed by atoms with E-state index in [9.17, 15) is 14.7 Å². The summed E-state index contributed by atoms with van der Waals surface area (Å²) in [7, 11) is 3.63. The van der Waals surface area contributed by atoms with Crippen LogP contribution >= 0.6 is 0 Å². The maximum Gasteiger partial charge on any atom is 0.304 e. The van der Waals surface area contributed by atoms with E-state index in [0.29, 0.717) is 11.7 Å². The van der Waals surface area contributed by atoms with Crippen LogP contribution in [0, 0.1) is 5.92 Å². The van der Waals surface area contributed by atoms with Crippen LogP contribution in [0.25, 0.3) is 0 Å². The molecule has 29 heavy (non-hydrogen) atoms. The Hall–Kier alpha value is -1.96. The van der Waals surface area contributed by atoms with Crippen molar-refractivity contribution in [1.82, 2.24) is 20.4 Å². The van der Waals surface area contributed by atoms with Crippen molar-refractivity contribution >= 4 is 11.9 Å². The number of nitrogens with zero attached hydrogens (tertiary/aromatic N) is 3. The molecule has 0 bridgehead atoms. The molecule has 0 radical (unpaired) electrons. The molecule has 1 aliphatic rings. The third kappa shape index (κ3) is 10.4. The second-order valence-electron chi connectivity index (χ2n) is 7.79. The predicted octanol–water partition coefficient (Wildman–Crippen LogP) is 3.58. The Kier molecular flexibility index (Phi) is 12.2. The highest BCUT2D eigenvalue weighted by Crippen LogP contribution is 2.31. The minimum absolute atomic E-state index is 0.0146. The molecule has 8 nitrogen and oxygen atoms in total.